The molecule has 2 rings (SSSR count). The Balaban J connectivity index is 1.93. The zero-order valence-corrected chi connectivity index (χ0v) is 14.1. The molecule has 23 heavy (non-hydrogen) atoms. The topological polar surface area (TPSA) is 61.4 Å². The van der Waals surface area contributed by atoms with Crippen LogP contribution in [0.4, 0.5) is 0 Å². The van der Waals surface area contributed by atoms with Crippen LogP contribution >= 0.6 is 0 Å². The first-order valence-electron chi connectivity index (χ1n) is 8.45. The Kier molecular flexibility index (Phi) is 6.16. The van der Waals surface area contributed by atoms with Gasteiger partial charge in [0.25, 0.3) is 0 Å². The third kappa shape index (κ3) is 4.55. The molecule has 1 aliphatic carbocycles. The van der Waals surface area contributed by atoms with Gasteiger partial charge in [-0.15, -0.1) is 0 Å². The van der Waals surface area contributed by atoms with Crippen LogP contribution in [0.3, 0.4) is 0 Å². The molecule has 2 N–H and O–H groups in total. The predicted octanol–water partition coefficient (Wildman–Crippen LogP) is 1.64. The van der Waals surface area contributed by atoms with E-state index >= 15 is 0 Å². The first kappa shape index (κ1) is 17.5. The van der Waals surface area contributed by atoms with Crippen LogP contribution in [0.1, 0.15) is 38.7 Å². The van der Waals surface area contributed by atoms with Gasteiger partial charge in [0.2, 0.25) is 11.8 Å². The normalized spacial score (nSPS) is 15.8. The van der Waals surface area contributed by atoms with Gasteiger partial charge in [-0.1, -0.05) is 37.3 Å². The Bertz CT molecular complexity index is 526. The SMILES string of the molecule is CCNC(=O)CN(CC)CC(=O)NC1(c2ccccc2)CCC1. The summed E-state index contributed by atoms with van der Waals surface area (Å²) < 4.78 is 0. The Morgan fingerprint density at radius 2 is 1.74 bits per heavy atom. The maximum absolute atomic E-state index is 12.4. The number of carbonyl (C=O) groups is 2. The van der Waals surface area contributed by atoms with Crippen molar-refractivity contribution in [3.8, 4) is 0 Å². The number of amides is 2. The summed E-state index contributed by atoms with van der Waals surface area (Å²) in [6, 6.07) is 10.2. The molecule has 1 fully saturated rings. The standard InChI is InChI=1S/C18H27N3O2/c1-3-19-16(22)13-21(4-2)14-17(23)20-18(11-8-12-18)15-9-6-5-7-10-15/h5-7,9-10H,3-4,8,11-14H2,1-2H3,(H,19,22)(H,20,23). The minimum atomic E-state index is -0.219. The summed E-state index contributed by atoms with van der Waals surface area (Å²) in [5, 5.41) is 5.97. The summed E-state index contributed by atoms with van der Waals surface area (Å²) in [5.41, 5.74) is 0.954. The average molecular weight is 317 g/mol. The Morgan fingerprint density at radius 1 is 1.09 bits per heavy atom. The van der Waals surface area contributed by atoms with E-state index < -0.39 is 0 Å². The van der Waals surface area contributed by atoms with Gasteiger partial charge in [0.15, 0.2) is 0 Å². The van der Waals surface area contributed by atoms with E-state index in [0.29, 0.717) is 13.1 Å². The van der Waals surface area contributed by atoms with E-state index in [2.05, 4.69) is 22.8 Å². The molecule has 1 saturated carbocycles. The average Bonchev–Trinajstić information content (AvgIpc) is 2.51. The maximum atomic E-state index is 12.4. The van der Waals surface area contributed by atoms with Crippen molar-refractivity contribution < 1.29 is 9.59 Å². The van der Waals surface area contributed by atoms with E-state index in [1.165, 1.54) is 5.56 Å². The van der Waals surface area contributed by atoms with Crippen LogP contribution in [0.15, 0.2) is 30.3 Å². The predicted molar refractivity (Wildman–Crippen MR) is 90.9 cm³/mol. The van der Waals surface area contributed by atoms with Crippen LogP contribution in [-0.4, -0.2) is 42.9 Å². The second-order valence-corrected chi connectivity index (χ2v) is 6.11. The van der Waals surface area contributed by atoms with Crippen LogP contribution in [0.25, 0.3) is 0 Å². The molecule has 1 aromatic carbocycles. The number of rotatable bonds is 8. The molecule has 0 aliphatic heterocycles. The van der Waals surface area contributed by atoms with Gasteiger partial charge in [0.05, 0.1) is 18.6 Å². The summed E-state index contributed by atoms with van der Waals surface area (Å²) >= 11 is 0. The molecule has 0 bridgehead atoms. The first-order chi connectivity index (χ1) is 11.1. The fourth-order valence-corrected chi connectivity index (χ4v) is 3.02. The third-order valence-corrected chi connectivity index (χ3v) is 4.47. The number of likely N-dealkylation sites (N-methyl/N-ethyl adjacent to an activating group) is 2. The summed E-state index contributed by atoms with van der Waals surface area (Å²) in [6.07, 6.45) is 3.09. The number of carbonyl (C=O) groups excluding carboxylic acids is 2. The highest BCUT2D eigenvalue weighted by molar-refractivity contribution is 5.81. The molecular weight excluding hydrogens is 290 g/mol. The quantitative estimate of drug-likeness (QED) is 0.766. The Labute approximate surface area is 138 Å². The van der Waals surface area contributed by atoms with Gasteiger partial charge in [-0.2, -0.15) is 0 Å². The minimum absolute atomic E-state index is 0.0142. The Morgan fingerprint density at radius 3 is 2.26 bits per heavy atom. The van der Waals surface area contributed by atoms with Crippen LogP contribution in [0, 0.1) is 0 Å². The lowest BCUT2D eigenvalue weighted by molar-refractivity contribution is -0.127. The molecule has 0 saturated heterocycles. The molecule has 0 aromatic heterocycles. The van der Waals surface area contributed by atoms with Gasteiger partial charge in [0, 0.05) is 6.54 Å². The number of hydrogen-bond donors (Lipinski definition) is 2. The van der Waals surface area contributed by atoms with Gasteiger partial charge in [-0.3, -0.25) is 14.5 Å². The van der Waals surface area contributed by atoms with Crippen molar-refractivity contribution >= 4 is 11.8 Å². The van der Waals surface area contributed by atoms with Crippen LogP contribution in [0.5, 0.6) is 0 Å². The van der Waals surface area contributed by atoms with E-state index in [0.717, 1.165) is 19.3 Å². The van der Waals surface area contributed by atoms with Crippen molar-refractivity contribution in [1.82, 2.24) is 15.5 Å². The molecule has 0 atom stereocenters. The second-order valence-electron chi connectivity index (χ2n) is 6.11. The molecule has 2 amide bonds. The fourth-order valence-electron chi connectivity index (χ4n) is 3.02. The number of nitrogens with zero attached hydrogens (tertiary/aromatic N) is 1. The fraction of sp³-hybridized carbons (Fsp3) is 0.556. The number of hydrogen-bond acceptors (Lipinski definition) is 3. The highest BCUT2D eigenvalue weighted by Gasteiger charge is 2.39. The summed E-state index contributed by atoms with van der Waals surface area (Å²) in [5.74, 6) is -0.0525. The van der Waals surface area contributed by atoms with Gasteiger partial charge >= 0.3 is 0 Å². The van der Waals surface area contributed by atoms with Gasteiger partial charge < -0.3 is 10.6 Å². The highest BCUT2D eigenvalue weighted by atomic mass is 16.2. The molecule has 5 heteroatoms. The smallest absolute Gasteiger partial charge is 0.234 e. The van der Waals surface area contributed by atoms with E-state index in [1.807, 2.05) is 36.9 Å². The zero-order chi connectivity index (χ0) is 16.7. The van der Waals surface area contributed by atoms with Crippen molar-refractivity contribution in [2.24, 2.45) is 0 Å². The maximum Gasteiger partial charge on any atom is 0.234 e. The van der Waals surface area contributed by atoms with Crippen molar-refractivity contribution in [3.63, 3.8) is 0 Å². The van der Waals surface area contributed by atoms with Gasteiger partial charge in [0.1, 0.15) is 0 Å². The lowest BCUT2D eigenvalue weighted by Gasteiger charge is -2.43. The second kappa shape index (κ2) is 8.11. The van der Waals surface area contributed by atoms with E-state index in [4.69, 9.17) is 0 Å². The van der Waals surface area contributed by atoms with E-state index in [-0.39, 0.29) is 30.4 Å². The molecule has 5 nitrogen and oxygen atoms in total. The van der Waals surface area contributed by atoms with Crippen molar-refractivity contribution in [2.75, 3.05) is 26.2 Å². The largest absolute Gasteiger partial charge is 0.355 e. The molecule has 0 spiro atoms. The lowest BCUT2D eigenvalue weighted by atomic mass is 9.72. The molecule has 0 radical (unpaired) electrons. The lowest BCUT2D eigenvalue weighted by Crippen LogP contribution is -2.53. The number of benzene rings is 1. The minimum Gasteiger partial charge on any atom is -0.355 e. The van der Waals surface area contributed by atoms with Crippen molar-refractivity contribution in [1.29, 1.82) is 0 Å². The van der Waals surface area contributed by atoms with Gasteiger partial charge in [-0.25, -0.2) is 0 Å². The first-order valence-corrected chi connectivity index (χ1v) is 8.45. The van der Waals surface area contributed by atoms with E-state index in [1.54, 1.807) is 0 Å². The van der Waals surface area contributed by atoms with E-state index in [9.17, 15) is 9.59 Å². The monoisotopic (exact) mass is 317 g/mol. The molecule has 1 aliphatic rings. The molecule has 0 unspecified atom stereocenters. The Hall–Kier alpha value is -1.88. The van der Waals surface area contributed by atoms with Crippen molar-refractivity contribution in [3.05, 3.63) is 35.9 Å². The molecule has 0 heterocycles. The molecular formula is C18H27N3O2. The van der Waals surface area contributed by atoms with Crippen LogP contribution in [-0.2, 0) is 15.1 Å². The summed E-state index contributed by atoms with van der Waals surface area (Å²) in [4.78, 5) is 26.0. The summed E-state index contributed by atoms with van der Waals surface area (Å²) in [7, 11) is 0. The zero-order valence-electron chi connectivity index (χ0n) is 14.1. The highest BCUT2D eigenvalue weighted by Crippen LogP contribution is 2.41. The summed E-state index contributed by atoms with van der Waals surface area (Å²) in [6.45, 7) is 5.64. The molecule has 1 aromatic rings. The molecule has 126 valence electrons. The van der Waals surface area contributed by atoms with Gasteiger partial charge in [-0.05, 0) is 38.3 Å². The third-order valence-electron chi connectivity index (χ3n) is 4.47. The number of nitrogens with one attached hydrogen (secondary N) is 2. The van der Waals surface area contributed by atoms with Crippen molar-refractivity contribution in [2.45, 2.75) is 38.6 Å². The van der Waals surface area contributed by atoms with Crippen LogP contribution < -0.4 is 10.6 Å². The van der Waals surface area contributed by atoms with Crippen LogP contribution in [0.2, 0.25) is 0 Å².